The Hall–Kier alpha value is -8.50. The van der Waals surface area contributed by atoms with E-state index in [0.717, 1.165) is 26.2 Å². The van der Waals surface area contributed by atoms with Crippen molar-refractivity contribution in [2.24, 2.45) is 0 Å². The van der Waals surface area contributed by atoms with Gasteiger partial charge in [0.25, 0.3) is 0 Å². The molecule has 0 aromatic heterocycles. The van der Waals surface area contributed by atoms with Gasteiger partial charge in [-0.3, -0.25) is 0 Å². The highest BCUT2D eigenvalue weighted by Crippen LogP contribution is 2.54. The summed E-state index contributed by atoms with van der Waals surface area (Å²) in [5, 5.41) is 5.03. The molecule has 0 aliphatic carbocycles. The first-order valence-electron chi connectivity index (χ1n) is 41.9. The molecule has 0 bridgehead atoms. The summed E-state index contributed by atoms with van der Waals surface area (Å²) in [6, 6.07) is 78.9. The average Bonchev–Trinajstić information content (AvgIpc) is 0.766. The Balaban J connectivity index is 0.674. The SMILES string of the molecule is CCCCCCCCN1c2ccccc2Sc2cc(/C=C/c3ccc4c(c3)Sc3cc(/C=C/c5c6ccccc6c(/C=C/c6ccc7c(c6)Sc6cc(/C=C/c8ccc9c(c8)Sc8ccccc8N9CCCCCCCC)ccc6N7CCCCCCCC)c6ccccc56)ccc3N4CCCCCCCC)ccc21. The minimum absolute atomic E-state index is 1.00. The minimum Gasteiger partial charge on any atom is -0.340 e. The fourth-order valence-electron chi connectivity index (χ4n) is 16.6. The van der Waals surface area contributed by atoms with Crippen molar-refractivity contribution in [1.82, 2.24) is 0 Å². The Labute approximate surface area is 675 Å². The van der Waals surface area contributed by atoms with E-state index >= 15 is 0 Å². The molecule has 4 aliphatic heterocycles. The molecule has 4 heterocycles. The van der Waals surface area contributed by atoms with Crippen LogP contribution in [0.25, 0.3) is 70.2 Å². The van der Waals surface area contributed by atoms with Gasteiger partial charge in [0.05, 0.1) is 45.5 Å². The van der Waals surface area contributed by atoms with E-state index in [1.165, 1.54) is 305 Å². The van der Waals surface area contributed by atoms with Crippen LogP contribution in [0.5, 0.6) is 0 Å². The highest BCUT2D eigenvalue weighted by Gasteiger charge is 2.29. The molecule has 8 heteroatoms. The lowest BCUT2D eigenvalue weighted by molar-refractivity contribution is 0.608. The first kappa shape index (κ1) is 76.8. The zero-order chi connectivity index (χ0) is 74.8. The van der Waals surface area contributed by atoms with Crippen molar-refractivity contribution >= 4 is 163 Å². The average molecular weight is 1520 g/mol. The second-order valence-electron chi connectivity index (χ2n) is 30.6. The molecule has 0 fully saturated rings. The van der Waals surface area contributed by atoms with Gasteiger partial charge in [-0.2, -0.15) is 0 Å². The quantitative estimate of drug-likeness (QED) is 0.0216. The summed E-state index contributed by atoms with van der Waals surface area (Å²) in [5.41, 5.74) is 20.4. The summed E-state index contributed by atoms with van der Waals surface area (Å²) in [7, 11) is 0. The van der Waals surface area contributed by atoms with Gasteiger partial charge in [0.1, 0.15) is 0 Å². The van der Waals surface area contributed by atoms with Crippen molar-refractivity contribution in [3.05, 3.63) is 251 Å². The van der Waals surface area contributed by atoms with Crippen molar-refractivity contribution in [1.29, 1.82) is 0 Å². The number of benzene rings is 11. The summed E-state index contributed by atoms with van der Waals surface area (Å²) in [6.07, 6.45) is 49.6. The zero-order valence-electron chi connectivity index (χ0n) is 65.5. The van der Waals surface area contributed by atoms with E-state index in [1.54, 1.807) is 0 Å². The summed E-state index contributed by atoms with van der Waals surface area (Å²) in [5.74, 6) is 0. The van der Waals surface area contributed by atoms with Crippen LogP contribution < -0.4 is 19.6 Å². The molecule has 15 rings (SSSR count). The summed E-state index contributed by atoms with van der Waals surface area (Å²) in [4.78, 5) is 21.0. The second-order valence-corrected chi connectivity index (χ2v) is 35.0. The molecule has 0 atom stereocenters. The fourth-order valence-corrected chi connectivity index (χ4v) is 21.3. The fraction of sp³-hybridized carbons (Fsp3) is 0.314. The number of unbranched alkanes of at least 4 members (excludes halogenated alkanes) is 20. The molecule has 0 amide bonds. The van der Waals surface area contributed by atoms with Crippen LogP contribution in [-0.2, 0) is 0 Å². The Morgan fingerprint density at radius 1 is 0.200 bits per heavy atom. The predicted molar refractivity (Wildman–Crippen MR) is 487 cm³/mol. The second kappa shape index (κ2) is 38.1. The van der Waals surface area contributed by atoms with E-state index in [-0.39, 0.29) is 0 Å². The molecule has 11 aromatic rings. The first-order chi connectivity index (χ1) is 54.4. The standard InChI is InChI=1S/C102H110N4S4/c1-5-9-13-17-21-33-65-103-87-41-29-31-43-95(87)107-97-69-75(51-59-89(97)103)45-47-77-53-61-91-99(71-77)109-101-73-79(55-63-93(101)105(91)67-35-23-19-15-11-7-3)49-57-85-81-37-25-27-39-83(81)86(84-40-28-26-38-82(84)85)58-50-80-56-64-94-102(74-80)110-100-72-78(54-62-92(100)106(94)68-36-24-20-16-12-8-4)48-46-76-52-60-90-98(70-76)108-96-44-32-30-42-88(96)104(90)66-34-22-18-14-10-6-2/h25-32,37-64,69-74H,5-24,33-36,65-68H2,1-4H3/b47-45+,48-46+,57-49+,58-50+. The lowest BCUT2D eigenvalue weighted by Crippen LogP contribution is -2.22. The van der Waals surface area contributed by atoms with E-state index in [9.17, 15) is 0 Å². The van der Waals surface area contributed by atoms with Gasteiger partial charge in [-0.15, -0.1) is 0 Å². The third-order valence-corrected chi connectivity index (χ3v) is 27.0. The molecule has 0 unspecified atom stereocenters. The smallest absolute Gasteiger partial charge is 0.0553 e. The molecule has 110 heavy (non-hydrogen) atoms. The zero-order valence-corrected chi connectivity index (χ0v) is 68.7. The van der Waals surface area contributed by atoms with Crippen molar-refractivity contribution in [2.45, 2.75) is 221 Å². The van der Waals surface area contributed by atoms with E-state index < -0.39 is 0 Å². The molecular weight excluding hydrogens is 1410 g/mol. The summed E-state index contributed by atoms with van der Waals surface area (Å²) in [6.45, 7) is 13.3. The van der Waals surface area contributed by atoms with Gasteiger partial charge in [-0.1, -0.05) is 361 Å². The minimum atomic E-state index is 1.00. The van der Waals surface area contributed by atoms with Crippen molar-refractivity contribution in [3.63, 3.8) is 0 Å². The van der Waals surface area contributed by atoms with Crippen LogP contribution in [0.1, 0.15) is 226 Å². The maximum Gasteiger partial charge on any atom is 0.0553 e. The molecule has 0 saturated carbocycles. The van der Waals surface area contributed by atoms with Crippen molar-refractivity contribution in [2.75, 3.05) is 45.8 Å². The molecule has 4 aliphatic rings. The maximum atomic E-state index is 2.62. The van der Waals surface area contributed by atoms with Crippen LogP contribution >= 0.6 is 47.0 Å². The molecule has 4 nitrogen and oxygen atoms in total. The van der Waals surface area contributed by atoms with Crippen molar-refractivity contribution in [3.8, 4) is 0 Å². The van der Waals surface area contributed by atoms with Crippen molar-refractivity contribution < 1.29 is 0 Å². The van der Waals surface area contributed by atoms with Crippen LogP contribution in [0, 0.1) is 0 Å². The van der Waals surface area contributed by atoms with Crippen LogP contribution in [0.4, 0.5) is 45.5 Å². The number of anilines is 8. The highest BCUT2D eigenvalue weighted by atomic mass is 32.2. The third kappa shape index (κ3) is 18.3. The third-order valence-electron chi connectivity index (χ3n) is 22.6. The van der Waals surface area contributed by atoms with Crippen LogP contribution in [-0.4, -0.2) is 26.2 Å². The molecule has 11 aromatic carbocycles. The Bertz CT molecular complexity index is 4750. The van der Waals surface area contributed by atoms with Gasteiger partial charge < -0.3 is 19.6 Å². The Kier molecular flexibility index (Phi) is 26.7. The Morgan fingerprint density at radius 3 is 0.655 bits per heavy atom. The van der Waals surface area contributed by atoms with E-state index in [4.69, 9.17) is 0 Å². The van der Waals surface area contributed by atoms with Gasteiger partial charge in [-0.25, -0.2) is 0 Å². The first-order valence-corrected chi connectivity index (χ1v) is 45.2. The normalized spacial score (nSPS) is 13.6. The largest absolute Gasteiger partial charge is 0.340 e. The van der Waals surface area contributed by atoms with E-state index in [2.05, 4.69) is 302 Å². The lowest BCUT2D eigenvalue weighted by Gasteiger charge is -2.33. The van der Waals surface area contributed by atoms with Gasteiger partial charge in [-0.05, 0) is 189 Å². The molecule has 0 saturated heterocycles. The van der Waals surface area contributed by atoms with Crippen LogP contribution in [0.2, 0.25) is 0 Å². The molecular formula is C102H110N4S4. The van der Waals surface area contributed by atoms with E-state index in [0.29, 0.717) is 0 Å². The van der Waals surface area contributed by atoms with Gasteiger partial charge in [0, 0.05) is 65.3 Å². The van der Waals surface area contributed by atoms with E-state index in [1.807, 2.05) is 47.0 Å². The highest BCUT2D eigenvalue weighted by molar-refractivity contribution is 8.00. The predicted octanol–water partition coefficient (Wildman–Crippen LogP) is 32.5. The topological polar surface area (TPSA) is 13.0 Å². The number of nitrogens with zero attached hydrogens (tertiary/aromatic N) is 4. The number of rotatable bonds is 36. The monoisotopic (exact) mass is 1520 g/mol. The van der Waals surface area contributed by atoms with Gasteiger partial charge in [0.2, 0.25) is 0 Å². The van der Waals surface area contributed by atoms with Crippen LogP contribution in [0.15, 0.2) is 245 Å². The lowest BCUT2D eigenvalue weighted by atomic mass is 9.91. The number of fused-ring (bicyclic) bond motifs is 10. The molecule has 0 radical (unpaired) electrons. The molecule has 0 N–H and O–H groups in total. The van der Waals surface area contributed by atoms with Gasteiger partial charge >= 0.3 is 0 Å². The number of para-hydroxylation sites is 2. The van der Waals surface area contributed by atoms with Crippen LogP contribution in [0.3, 0.4) is 0 Å². The number of hydrogen-bond acceptors (Lipinski definition) is 8. The number of hydrogen-bond donors (Lipinski definition) is 0. The maximum absolute atomic E-state index is 2.62. The summed E-state index contributed by atoms with van der Waals surface area (Å²) < 4.78 is 0. The Morgan fingerprint density at radius 2 is 0.400 bits per heavy atom. The van der Waals surface area contributed by atoms with Gasteiger partial charge in [0.15, 0.2) is 0 Å². The molecule has 562 valence electrons. The molecule has 0 spiro atoms. The summed E-state index contributed by atoms with van der Waals surface area (Å²) >= 11 is 7.68.